The van der Waals surface area contributed by atoms with Gasteiger partial charge in [0.25, 0.3) is 0 Å². The zero-order chi connectivity index (χ0) is 27.1. The van der Waals surface area contributed by atoms with Crippen LogP contribution in [0.15, 0.2) is 70.6 Å². The van der Waals surface area contributed by atoms with Gasteiger partial charge in [-0.2, -0.15) is 13.2 Å². The van der Waals surface area contributed by atoms with Crippen LogP contribution < -0.4 is 4.57 Å². The number of hydrogen-bond donors (Lipinski definition) is 0. The number of nitrogens with zero attached hydrogens (tertiary/aromatic N) is 1. The number of hydrogen-bond acceptors (Lipinski definition) is 1. The topological polar surface area (TPSA) is 3.88 Å². The third-order valence-electron chi connectivity index (χ3n) is 8.17. The maximum atomic E-state index is 13.7. The number of aromatic nitrogens is 1. The fourth-order valence-electron chi connectivity index (χ4n) is 6.08. The minimum Gasteiger partial charge on any atom is -0.200 e. The van der Waals surface area contributed by atoms with Crippen molar-refractivity contribution < 1.29 is 17.7 Å². The first-order valence-corrected chi connectivity index (χ1v) is 13.9. The van der Waals surface area contributed by atoms with E-state index in [0.717, 1.165) is 16.2 Å². The van der Waals surface area contributed by atoms with Crippen LogP contribution in [0.1, 0.15) is 50.3 Å². The molecular formula is C33H31F3NS+. The molecule has 1 aliphatic heterocycles. The molecule has 1 nitrogen and oxygen atoms in total. The van der Waals surface area contributed by atoms with Gasteiger partial charge in [-0.1, -0.05) is 81.9 Å². The van der Waals surface area contributed by atoms with Crippen LogP contribution in [0.25, 0.3) is 43.6 Å². The van der Waals surface area contributed by atoms with Crippen LogP contribution >= 0.6 is 11.8 Å². The first-order chi connectivity index (χ1) is 17.9. The lowest BCUT2D eigenvalue weighted by Gasteiger charge is -2.28. The molecule has 0 aliphatic carbocycles. The van der Waals surface area contributed by atoms with Gasteiger partial charge < -0.3 is 0 Å². The summed E-state index contributed by atoms with van der Waals surface area (Å²) in [4.78, 5) is 2.51. The van der Waals surface area contributed by atoms with Gasteiger partial charge in [0.15, 0.2) is 6.20 Å². The molecule has 0 unspecified atom stereocenters. The molecule has 0 radical (unpaired) electrons. The van der Waals surface area contributed by atoms with E-state index >= 15 is 0 Å². The van der Waals surface area contributed by atoms with Gasteiger partial charge in [0.2, 0.25) is 5.69 Å². The number of aryl methyl sites for hydroxylation is 2. The second kappa shape index (κ2) is 8.47. The number of fused-ring (bicyclic) bond motifs is 5. The molecule has 0 bridgehead atoms. The van der Waals surface area contributed by atoms with Crippen LogP contribution in [0.3, 0.4) is 0 Å². The molecule has 2 heterocycles. The molecular weight excluding hydrogens is 499 g/mol. The Morgan fingerprint density at radius 2 is 1.61 bits per heavy atom. The standard InChI is InChI=1S/C33H31F3NS/c1-18(2)27-23-10-8-7-9-22(23)19(3)28-30-29-24(13-14-37(30)6)25-15-20(17-32(4,5)33(34,35)36)11-12-21(25)16-26(29)38-31(27)28/h7-16,18H,17H2,1-6H3/q+1. The number of alkyl halides is 3. The van der Waals surface area contributed by atoms with Crippen molar-refractivity contribution in [2.24, 2.45) is 12.5 Å². The Hall–Kier alpha value is -3.05. The average Bonchev–Trinajstić information content (AvgIpc) is 2.84. The Balaban J connectivity index is 1.67. The minimum absolute atomic E-state index is 0.0520. The van der Waals surface area contributed by atoms with E-state index in [1.807, 2.05) is 30.0 Å². The fourth-order valence-corrected chi connectivity index (χ4v) is 7.60. The molecule has 5 aromatic rings. The van der Waals surface area contributed by atoms with Gasteiger partial charge in [0.1, 0.15) is 7.05 Å². The largest absolute Gasteiger partial charge is 0.394 e. The monoisotopic (exact) mass is 530 g/mol. The first kappa shape index (κ1) is 25.2. The predicted octanol–water partition coefficient (Wildman–Crippen LogP) is 9.67. The van der Waals surface area contributed by atoms with Crippen LogP contribution in [-0.4, -0.2) is 6.18 Å². The van der Waals surface area contributed by atoms with Crippen molar-refractivity contribution in [2.45, 2.75) is 62.9 Å². The van der Waals surface area contributed by atoms with E-state index < -0.39 is 11.6 Å². The second-order valence-corrected chi connectivity index (χ2v) is 12.6. The Morgan fingerprint density at radius 1 is 0.895 bits per heavy atom. The van der Waals surface area contributed by atoms with Crippen LogP contribution in [-0.2, 0) is 13.5 Å². The van der Waals surface area contributed by atoms with Crippen molar-refractivity contribution >= 4 is 44.1 Å². The van der Waals surface area contributed by atoms with Gasteiger partial charge in [-0.05, 0) is 63.6 Å². The summed E-state index contributed by atoms with van der Waals surface area (Å²) < 4.78 is 43.2. The zero-order valence-electron chi connectivity index (χ0n) is 22.5. The molecule has 6 rings (SSSR count). The van der Waals surface area contributed by atoms with E-state index in [0.29, 0.717) is 11.5 Å². The molecule has 0 spiro atoms. The van der Waals surface area contributed by atoms with Crippen LogP contribution in [0, 0.1) is 12.3 Å². The van der Waals surface area contributed by atoms with Crippen LogP contribution in [0.5, 0.6) is 0 Å². The van der Waals surface area contributed by atoms with E-state index in [4.69, 9.17) is 0 Å². The summed E-state index contributed by atoms with van der Waals surface area (Å²) >= 11 is 1.84. The lowest BCUT2D eigenvalue weighted by Crippen LogP contribution is -2.34. The smallest absolute Gasteiger partial charge is 0.200 e. The third kappa shape index (κ3) is 3.65. The van der Waals surface area contributed by atoms with Gasteiger partial charge in [0.05, 0.1) is 16.4 Å². The van der Waals surface area contributed by atoms with E-state index in [1.165, 1.54) is 62.2 Å². The fraction of sp³-hybridized carbons (Fsp3) is 0.303. The van der Waals surface area contributed by atoms with Gasteiger partial charge in [0, 0.05) is 21.2 Å². The highest BCUT2D eigenvalue weighted by molar-refractivity contribution is 8.00. The molecule has 0 saturated heterocycles. The van der Waals surface area contributed by atoms with E-state index in [-0.39, 0.29) is 6.42 Å². The summed E-state index contributed by atoms with van der Waals surface area (Å²) in [5.74, 6) is 0.354. The lowest BCUT2D eigenvalue weighted by molar-refractivity contribution is -0.659. The van der Waals surface area contributed by atoms with Crippen molar-refractivity contribution in [3.05, 3.63) is 77.5 Å². The summed E-state index contributed by atoms with van der Waals surface area (Å²) in [7, 11) is 2.09. The highest BCUT2D eigenvalue weighted by Crippen LogP contribution is 2.54. The van der Waals surface area contributed by atoms with E-state index in [2.05, 4.69) is 75.0 Å². The van der Waals surface area contributed by atoms with Gasteiger partial charge in [-0.15, -0.1) is 0 Å². The SMILES string of the molecule is Cc1c2c(c(C(C)C)c3ccccc13)Sc1cc3ccc(CC(C)(C)C(F)(F)F)cc3c3cc[n+](C)c-2c13. The van der Waals surface area contributed by atoms with Gasteiger partial charge in [-0.25, -0.2) is 4.57 Å². The first-order valence-electron chi connectivity index (χ1n) is 13.1. The number of rotatable bonds is 3. The van der Waals surface area contributed by atoms with Crippen LogP contribution in [0.2, 0.25) is 0 Å². The molecule has 1 aromatic heterocycles. The van der Waals surface area contributed by atoms with Gasteiger partial charge in [-0.3, -0.25) is 0 Å². The Bertz CT molecular complexity index is 1780. The maximum absolute atomic E-state index is 13.7. The number of pyridine rings is 1. The highest BCUT2D eigenvalue weighted by atomic mass is 32.2. The molecule has 0 atom stereocenters. The summed E-state index contributed by atoms with van der Waals surface area (Å²) in [6.07, 6.45) is -2.22. The lowest BCUT2D eigenvalue weighted by atomic mass is 9.84. The third-order valence-corrected chi connectivity index (χ3v) is 9.34. The van der Waals surface area contributed by atoms with Gasteiger partial charge >= 0.3 is 6.18 Å². The van der Waals surface area contributed by atoms with Crippen molar-refractivity contribution in [2.75, 3.05) is 0 Å². The molecule has 5 heteroatoms. The van der Waals surface area contributed by atoms with Crippen LogP contribution in [0.4, 0.5) is 13.2 Å². The molecule has 38 heavy (non-hydrogen) atoms. The molecule has 0 amide bonds. The van der Waals surface area contributed by atoms with E-state index in [9.17, 15) is 13.2 Å². The second-order valence-electron chi connectivity index (χ2n) is 11.6. The predicted molar refractivity (Wildman–Crippen MR) is 152 cm³/mol. The molecule has 1 aliphatic rings. The maximum Gasteiger partial charge on any atom is 0.394 e. The normalized spacial score (nSPS) is 13.6. The molecule has 194 valence electrons. The molecule has 0 saturated carbocycles. The van der Waals surface area contributed by atoms with Crippen molar-refractivity contribution in [1.29, 1.82) is 0 Å². The number of benzene rings is 4. The Kier molecular flexibility index (Phi) is 5.63. The number of halogens is 3. The summed E-state index contributed by atoms with van der Waals surface area (Å²) in [5.41, 5.74) is 4.00. The molecule has 0 fully saturated rings. The zero-order valence-corrected chi connectivity index (χ0v) is 23.4. The summed E-state index contributed by atoms with van der Waals surface area (Å²) in [6.45, 7) is 9.30. The Morgan fingerprint density at radius 3 is 2.29 bits per heavy atom. The minimum atomic E-state index is -4.26. The Labute approximate surface area is 225 Å². The van der Waals surface area contributed by atoms with Crippen molar-refractivity contribution in [3.63, 3.8) is 0 Å². The van der Waals surface area contributed by atoms with Crippen molar-refractivity contribution in [1.82, 2.24) is 0 Å². The van der Waals surface area contributed by atoms with Crippen molar-refractivity contribution in [3.8, 4) is 11.3 Å². The molecule has 4 aromatic carbocycles. The van der Waals surface area contributed by atoms with E-state index in [1.54, 1.807) is 0 Å². The summed E-state index contributed by atoms with van der Waals surface area (Å²) in [5, 5.41) is 6.91. The highest BCUT2D eigenvalue weighted by Gasteiger charge is 2.47. The summed E-state index contributed by atoms with van der Waals surface area (Å²) in [6, 6.07) is 18.8. The average molecular weight is 531 g/mol. The molecule has 0 N–H and O–H groups in total. The quantitative estimate of drug-likeness (QED) is 0.163.